The van der Waals surface area contributed by atoms with Crippen molar-refractivity contribution in [1.29, 1.82) is 0 Å². The first-order valence-electron chi connectivity index (χ1n) is 5.51. The highest BCUT2D eigenvalue weighted by Crippen LogP contribution is 2.05. The van der Waals surface area contributed by atoms with E-state index in [0.29, 0.717) is 0 Å². The fourth-order valence-corrected chi connectivity index (χ4v) is 0.799. The first-order chi connectivity index (χ1) is 6.22. The molecule has 0 fully saturated rings. The van der Waals surface area contributed by atoms with Crippen LogP contribution in [0.5, 0.6) is 0 Å². The van der Waals surface area contributed by atoms with Crippen LogP contribution in [-0.2, 0) is 0 Å². The lowest BCUT2D eigenvalue weighted by Crippen LogP contribution is -1.75. The number of hydrogen-bond acceptors (Lipinski definition) is 0. The molecule has 0 heterocycles. The fraction of sp³-hybridized carbons (Fsp3) is 0.692. The van der Waals surface area contributed by atoms with Crippen LogP contribution in [0.4, 0.5) is 0 Å². The Kier molecular flexibility index (Phi) is 16.2. The lowest BCUT2D eigenvalue weighted by molar-refractivity contribution is 0.787. The maximum Gasteiger partial charge on any atom is -0.0320 e. The molecule has 0 aliphatic heterocycles. The molecule has 0 aromatic carbocycles. The van der Waals surface area contributed by atoms with Gasteiger partial charge in [-0.15, -0.1) is 0 Å². The Hall–Kier alpha value is -0.520. The van der Waals surface area contributed by atoms with Gasteiger partial charge in [-0.2, -0.15) is 0 Å². The Labute approximate surface area is 84.7 Å². The average molecular weight is 182 g/mol. The Morgan fingerprint density at radius 1 is 1.15 bits per heavy atom. The van der Waals surface area contributed by atoms with E-state index >= 15 is 0 Å². The molecule has 0 bridgehead atoms. The molecule has 0 aliphatic carbocycles. The van der Waals surface area contributed by atoms with Crippen LogP contribution in [0.3, 0.4) is 0 Å². The zero-order chi connectivity index (χ0) is 10.5. The van der Waals surface area contributed by atoms with E-state index in [4.69, 9.17) is 0 Å². The molecule has 0 aromatic rings. The summed E-state index contributed by atoms with van der Waals surface area (Å²) in [6.07, 6.45) is 11.5. The predicted molar refractivity (Wildman–Crippen MR) is 64.1 cm³/mol. The number of allylic oxidation sites excluding steroid dienone is 4. The van der Waals surface area contributed by atoms with Gasteiger partial charge in [0.05, 0.1) is 0 Å². The quantitative estimate of drug-likeness (QED) is 0.530. The Balaban J connectivity index is 0. The molecule has 0 saturated carbocycles. The molecule has 0 unspecified atom stereocenters. The molecule has 13 heavy (non-hydrogen) atoms. The van der Waals surface area contributed by atoms with Gasteiger partial charge in [-0.1, -0.05) is 57.4 Å². The zero-order valence-corrected chi connectivity index (χ0v) is 10.1. The van der Waals surface area contributed by atoms with Gasteiger partial charge in [0.15, 0.2) is 0 Å². The van der Waals surface area contributed by atoms with Gasteiger partial charge in [-0.25, -0.2) is 0 Å². The van der Waals surface area contributed by atoms with Crippen molar-refractivity contribution in [2.45, 2.75) is 60.3 Å². The third-order valence-electron chi connectivity index (χ3n) is 1.50. The summed E-state index contributed by atoms with van der Waals surface area (Å²) >= 11 is 0. The van der Waals surface area contributed by atoms with E-state index in [-0.39, 0.29) is 0 Å². The van der Waals surface area contributed by atoms with Crippen LogP contribution in [0.2, 0.25) is 0 Å². The van der Waals surface area contributed by atoms with Crippen LogP contribution in [0, 0.1) is 0 Å². The zero-order valence-electron chi connectivity index (χ0n) is 10.1. The van der Waals surface area contributed by atoms with Gasteiger partial charge in [0, 0.05) is 0 Å². The lowest BCUT2D eigenvalue weighted by atomic mass is 10.1. The second-order valence-corrected chi connectivity index (χ2v) is 3.35. The molecule has 0 rings (SSSR count). The van der Waals surface area contributed by atoms with Crippen molar-refractivity contribution in [3.05, 3.63) is 23.8 Å². The van der Waals surface area contributed by atoms with Crippen LogP contribution in [0.25, 0.3) is 0 Å². The Morgan fingerprint density at radius 2 is 1.69 bits per heavy atom. The van der Waals surface area contributed by atoms with Crippen LogP contribution in [-0.4, -0.2) is 0 Å². The summed E-state index contributed by atoms with van der Waals surface area (Å²) in [6, 6.07) is 0. The monoisotopic (exact) mass is 182 g/mol. The molecule has 78 valence electrons. The second-order valence-electron chi connectivity index (χ2n) is 3.35. The molecule has 0 nitrogen and oxygen atoms in total. The van der Waals surface area contributed by atoms with E-state index in [1.165, 1.54) is 31.3 Å². The van der Waals surface area contributed by atoms with E-state index in [0.717, 1.165) is 0 Å². The first kappa shape index (κ1) is 15.0. The van der Waals surface area contributed by atoms with E-state index in [9.17, 15) is 0 Å². The normalized spacial score (nSPS) is 11.3. The van der Waals surface area contributed by atoms with Crippen LogP contribution >= 0.6 is 0 Å². The summed E-state index contributed by atoms with van der Waals surface area (Å²) < 4.78 is 0. The third kappa shape index (κ3) is 18.4. The molecule has 0 aliphatic rings. The van der Waals surface area contributed by atoms with Crippen molar-refractivity contribution >= 4 is 0 Å². The highest BCUT2D eigenvalue weighted by Gasteiger charge is 1.85. The maximum atomic E-state index is 2.23. The minimum Gasteiger partial charge on any atom is -0.0877 e. The van der Waals surface area contributed by atoms with E-state index in [1.807, 2.05) is 6.92 Å². The van der Waals surface area contributed by atoms with Gasteiger partial charge in [0.2, 0.25) is 0 Å². The molecular formula is C13H26. The van der Waals surface area contributed by atoms with E-state index in [1.54, 1.807) is 0 Å². The second kappa shape index (κ2) is 14.0. The van der Waals surface area contributed by atoms with E-state index < -0.39 is 0 Å². The summed E-state index contributed by atoms with van der Waals surface area (Å²) in [6.45, 7) is 10.7. The standard InChI is InChI=1S/C10H18.C3H8/c1-4-6-8-10(3)9-7-5-2;1-3-2/h4,6,8H,5,7,9H2,1-3H3;3H2,1-2H3/b6-4-,10-8+;. The predicted octanol–water partition coefficient (Wildman–Crippen LogP) is 5.12. The van der Waals surface area contributed by atoms with Crippen molar-refractivity contribution in [3.8, 4) is 0 Å². The number of unbranched alkanes of at least 4 members (excludes halogenated alkanes) is 1. The molecular weight excluding hydrogens is 156 g/mol. The fourth-order valence-electron chi connectivity index (χ4n) is 0.799. The smallest absolute Gasteiger partial charge is 0.0320 e. The average Bonchev–Trinajstić information content (AvgIpc) is 2.12. The first-order valence-corrected chi connectivity index (χ1v) is 5.51. The highest BCUT2D eigenvalue weighted by molar-refractivity contribution is 5.09. The molecule has 0 atom stereocenters. The van der Waals surface area contributed by atoms with Gasteiger partial charge in [-0.3, -0.25) is 0 Å². The van der Waals surface area contributed by atoms with Crippen molar-refractivity contribution in [2.75, 3.05) is 0 Å². The largest absolute Gasteiger partial charge is 0.0877 e. The van der Waals surface area contributed by atoms with Gasteiger partial charge in [0.1, 0.15) is 0 Å². The molecule has 0 saturated heterocycles. The number of rotatable bonds is 4. The van der Waals surface area contributed by atoms with E-state index in [2.05, 4.69) is 45.9 Å². The lowest BCUT2D eigenvalue weighted by Gasteiger charge is -1.95. The van der Waals surface area contributed by atoms with Crippen molar-refractivity contribution in [3.63, 3.8) is 0 Å². The highest BCUT2D eigenvalue weighted by atomic mass is 13.9. The minimum absolute atomic E-state index is 1.25. The third-order valence-corrected chi connectivity index (χ3v) is 1.50. The summed E-state index contributed by atoms with van der Waals surface area (Å²) in [5.41, 5.74) is 1.49. The molecule has 0 heteroatoms. The Morgan fingerprint density at radius 3 is 2.08 bits per heavy atom. The minimum atomic E-state index is 1.25. The summed E-state index contributed by atoms with van der Waals surface area (Å²) in [5.74, 6) is 0. The van der Waals surface area contributed by atoms with Crippen LogP contribution in [0.1, 0.15) is 60.3 Å². The summed E-state index contributed by atoms with van der Waals surface area (Å²) in [4.78, 5) is 0. The summed E-state index contributed by atoms with van der Waals surface area (Å²) in [5, 5.41) is 0. The molecule has 0 aromatic heterocycles. The van der Waals surface area contributed by atoms with Gasteiger partial charge < -0.3 is 0 Å². The SMILES string of the molecule is C/C=C\C=C(/C)CCCC.CCC. The Bertz CT molecular complexity index is 129. The van der Waals surface area contributed by atoms with Gasteiger partial charge in [-0.05, 0) is 26.7 Å². The van der Waals surface area contributed by atoms with Crippen molar-refractivity contribution in [1.82, 2.24) is 0 Å². The maximum absolute atomic E-state index is 2.23. The number of hydrogen-bond donors (Lipinski definition) is 0. The molecule has 0 N–H and O–H groups in total. The van der Waals surface area contributed by atoms with Gasteiger partial charge in [0.25, 0.3) is 0 Å². The van der Waals surface area contributed by atoms with Crippen LogP contribution < -0.4 is 0 Å². The van der Waals surface area contributed by atoms with Crippen molar-refractivity contribution < 1.29 is 0 Å². The van der Waals surface area contributed by atoms with Crippen LogP contribution in [0.15, 0.2) is 23.8 Å². The topological polar surface area (TPSA) is 0 Å². The molecule has 0 amide bonds. The van der Waals surface area contributed by atoms with Gasteiger partial charge >= 0.3 is 0 Å². The molecule has 0 radical (unpaired) electrons. The van der Waals surface area contributed by atoms with Crippen molar-refractivity contribution in [2.24, 2.45) is 0 Å². The molecule has 0 spiro atoms. The summed E-state index contributed by atoms with van der Waals surface area (Å²) in [7, 11) is 0.